The summed E-state index contributed by atoms with van der Waals surface area (Å²) in [6.07, 6.45) is 2.73. The van der Waals surface area contributed by atoms with E-state index in [-0.39, 0.29) is 0 Å². The van der Waals surface area contributed by atoms with Crippen LogP contribution in [0.1, 0.15) is 25.3 Å². The quantitative estimate of drug-likeness (QED) is 0.853. The topological polar surface area (TPSA) is 38.7 Å². The molecule has 3 nitrogen and oxygen atoms in total. The lowest BCUT2D eigenvalue weighted by molar-refractivity contribution is -0.258. The number of aromatic hydroxyl groups is 1. The minimum Gasteiger partial charge on any atom is -0.508 e. The van der Waals surface area contributed by atoms with Crippen molar-refractivity contribution in [3.05, 3.63) is 29.8 Å². The molecule has 0 aliphatic carbocycles. The van der Waals surface area contributed by atoms with Gasteiger partial charge in [0.2, 0.25) is 0 Å². The zero-order chi connectivity index (χ0) is 11.4. The maximum absolute atomic E-state index is 9.17. The molecule has 1 N–H and O–H groups in total. The van der Waals surface area contributed by atoms with Crippen molar-refractivity contribution in [2.45, 2.75) is 32.0 Å². The van der Waals surface area contributed by atoms with Crippen LogP contribution in [0.4, 0.5) is 0 Å². The number of aryl methyl sites for hydroxylation is 1. The lowest BCUT2D eigenvalue weighted by Crippen LogP contribution is -2.37. The van der Waals surface area contributed by atoms with Crippen molar-refractivity contribution in [3.8, 4) is 5.75 Å². The fourth-order valence-electron chi connectivity index (χ4n) is 1.86. The Morgan fingerprint density at radius 1 is 1.19 bits per heavy atom. The van der Waals surface area contributed by atoms with E-state index in [0.717, 1.165) is 32.5 Å². The van der Waals surface area contributed by atoms with Crippen molar-refractivity contribution in [2.24, 2.45) is 0 Å². The van der Waals surface area contributed by atoms with Gasteiger partial charge >= 0.3 is 0 Å². The summed E-state index contributed by atoms with van der Waals surface area (Å²) in [6.45, 7) is 3.56. The first-order chi connectivity index (χ1) is 7.68. The Hall–Kier alpha value is -1.06. The third-order valence-electron chi connectivity index (χ3n) is 2.91. The van der Waals surface area contributed by atoms with Gasteiger partial charge in [0.15, 0.2) is 5.79 Å². The van der Waals surface area contributed by atoms with E-state index < -0.39 is 5.79 Å². The summed E-state index contributed by atoms with van der Waals surface area (Å²) >= 11 is 0. The summed E-state index contributed by atoms with van der Waals surface area (Å²) in [6, 6.07) is 7.28. The van der Waals surface area contributed by atoms with Crippen molar-refractivity contribution in [1.82, 2.24) is 0 Å². The predicted octanol–water partition coefficient (Wildman–Crippen LogP) is 2.48. The number of benzene rings is 1. The second kappa shape index (κ2) is 4.85. The smallest absolute Gasteiger partial charge is 0.165 e. The highest BCUT2D eigenvalue weighted by molar-refractivity contribution is 5.25. The zero-order valence-corrected chi connectivity index (χ0v) is 9.61. The van der Waals surface area contributed by atoms with Gasteiger partial charge in [-0.15, -0.1) is 0 Å². The second-order valence-electron chi connectivity index (χ2n) is 4.35. The molecule has 0 aromatic heterocycles. The Morgan fingerprint density at radius 2 is 1.81 bits per heavy atom. The number of rotatable bonds is 3. The molecular formula is C13H18O3. The first kappa shape index (κ1) is 11.4. The van der Waals surface area contributed by atoms with Gasteiger partial charge < -0.3 is 14.6 Å². The molecule has 0 atom stereocenters. The third kappa shape index (κ3) is 2.97. The first-order valence-electron chi connectivity index (χ1n) is 5.74. The van der Waals surface area contributed by atoms with E-state index in [1.165, 1.54) is 5.56 Å². The lowest BCUT2D eigenvalue weighted by atomic mass is 10.0. The van der Waals surface area contributed by atoms with E-state index in [1.54, 1.807) is 12.1 Å². The minimum absolute atomic E-state index is 0.306. The van der Waals surface area contributed by atoms with Gasteiger partial charge in [0.25, 0.3) is 0 Å². The number of phenolic OH excluding ortho intramolecular Hbond substituents is 1. The maximum Gasteiger partial charge on any atom is 0.165 e. The summed E-state index contributed by atoms with van der Waals surface area (Å²) in [4.78, 5) is 0. The molecule has 1 aliphatic rings. The standard InChI is InChI=1S/C13H18O3/c1-13(15-9-2-10-16-13)8-7-11-3-5-12(14)6-4-11/h3-6,14H,2,7-10H2,1H3. The summed E-state index contributed by atoms with van der Waals surface area (Å²) in [5, 5.41) is 9.17. The average Bonchev–Trinajstić information content (AvgIpc) is 2.29. The minimum atomic E-state index is -0.434. The Labute approximate surface area is 96.0 Å². The molecule has 0 unspecified atom stereocenters. The van der Waals surface area contributed by atoms with E-state index in [0.29, 0.717) is 5.75 Å². The van der Waals surface area contributed by atoms with Gasteiger partial charge in [-0.3, -0.25) is 0 Å². The number of hydrogen-bond donors (Lipinski definition) is 1. The summed E-state index contributed by atoms with van der Waals surface area (Å²) in [7, 11) is 0. The molecular weight excluding hydrogens is 204 g/mol. The molecule has 2 rings (SSSR count). The van der Waals surface area contributed by atoms with Gasteiger partial charge in [0.1, 0.15) is 5.75 Å². The molecule has 0 radical (unpaired) electrons. The van der Waals surface area contributed by atoms with Crippen LogP contribution in [0.25, 0.3) is 0 Å². The van der Waals surface area contributed by atoms with Crippen molar-refractivity contribution >= 4 is 0 Å². The van der Waals surface area contributed by atoms with Crippen LogP contribution in [0.2, 0.25) is 0 Å². The normalized spacial score (nSPS) is 19.6. The van der Waals surface area contributed by atoms with Crippen molar-refractivity contribution < 1.29 is 14.6 Å². The largest absolute Gasteiger partial charge is 0.508 e. The first-order valence-corrected chi connectivity index (χ1v) is 5.74. The van der Waals surface area contributed by atoms with Crippen molar-refractivity contribution in [3.63, 3.8) is 0 Å². The van der Waals surface area contributed by atoms with E-state index in [2.05, 4.69) is 0 Å². The summed E-state index contributed by atoms with van der Waals surface area (Å²) in [5.74, 6) is -0.129. The van der Waals surface area contributed by atoms with Crippen LogP contribution in [0, 0.1) is 0 Å². The Morgan fingerprint density at radius 3 is 2.44 bits per heavy atom. The third-order valence-corrected chi connectivity index (χ3v) is 2.91. The molecule has 1 fully saturated rings. The molecule has 0 saturated carbocycles. The molecule has 88 valence electrons. The van der Waals surface area contributed by atoms with Gasteiger partial charge in [-0.2, -0.15) is 0 Å². The highest BCUT2D eigenvalue weighted by atomic mass is 16.7. The maximum atomic E-state index is 9.17. The highest BCUT2D eigenvalue weighted by Gasteiger charge is 2.28. The van der Waals surface area contributed by atoms with Gasteiger partial charge in [0.05, 0.1) is 13.2 Å². The van der Waals surface area contributed by atoms with Crippen molar-refractivity contribution in [1.29, 1.82) is 0 Å². The SMILES string of the molecule is CC1(CCc2ccc(O)cc2)OCCCO1. The summed E-state index contributed by atoms with van der Waals surface area (Å²) in [5.41, 5.74) is 1.19. The fraction of sp³-hybridized carbons (Fsp3) is 0.538. The molecule has 1 aromatic rings. The molecule has 1 aromatic carbocycles. The molecule has 0 spiro atoms. The lowest BCUT2D eigenvalue weighted by Gasteiger charge is -2.34. The van der Waals surface area contributed by atoms with E-state index in [9.17, 15) is 5.11 Å². The van der Waals surface area contributed by atoms with Gasteiger partial charge in [-0.05, 0) is 37.5 Å². The zero-order valence-electron chi connectivity index (χ0n) is 9.61. The Bertz CT molecular complexity index is 326. The Balaban J connectivity index is 1.88. The van der Waals surface area contributed by atoms with Crippen molar-refractivity contribution in [2.75, 3.05) is 13.2 Å². The van der Waals surface area contributed by atoms with E-state index in [1.807, 2.05) is 19.1 Å². The monoisotopic (exact) mass is 222 g/mol. The molecule has 1 aliphatic heterocycles. The molecule has 3 heteroatoms. The Kier molecular flexibility index (Phi) is 3.46. The predicted molar refractivity (Wildman–Crippen MR) is 61.4 cm³/mol. The van der Waals surface area contributed by atoms with Gasteiger partial charge in [-0.25, -0.2) is 0 Å². The van der Waals surface area contributed by atoms with Crippen LogP contribution in [0.15, 0.2) is 24.3 Å². The molecule has 1 saturated heterocycles. The van der Waals surface area contributed by atoms with E-state index in [4.69, 9.17) is 9.47 Å². The molecule has 0 bridgehead atoms. The average molecular weight is 222 g/mol. The van der Waals surface area contributed by atoms with E-state index >= 15 is 0 Å². The molecule has 0 amide bonds. The van der Waals surface area contributed by atoms with Crippen LogP contribution in [0.5, 0.6) is 5.75 Å². The summed E-state index contributed by atoms with van der Waals surface area (Å²) < 4.78 is 11.3. The van der Waals surface area contributed by atoms with Crippen LogP contribution >= 0.6 is 0 Å². The van der Waals surface area contributed by atoms with Crippen LogP contribution in [-0.4, -0.2) is 24.1 Å². The van der Waals surface area contributed by atoms with Crippen LogP contribution < -0.4 is 0 Å². The van der Waals surface area contributed by atoms with Gasteiger partial charge in [0, 0.05) is 6.42 Å². The van der Waals surface area contributed by atoms with Crippen LogP contribution in [-0.2, 0) is 15.9 Å². The van der Waals surface area contributed by atoms with Gasteiger partial charge in [-0.1, -0.05) is 12.1 Å². The van der Waals surface area contributed by atoms with Crippen LogP contribution in [0.3, 0.4) is 0 Å². The number of hydrogen-bond acceptors (Lipinski definition) is 3. The highest BCUT2D eigenvalue weighted by Crippen LogP contribution is 2.24. The number of ether oxygens (including phenoxy) is 2. The fourth-order valence-corrected chi connectivity index (χ4v) is 1.86. The molecule has 1 heterocycles. The number of phenols is 1. The molecule has 16 heavy (non-hydrogen) atoms. The second-order valence-corrected chi connectivity index (χ2v) is 4.35.